The maximum Gasteiger partial charge on any atom is 0.160 e. The van der Waals surface area contributed by atoms with Crippen LogP contribution in [0.25, 0.3) is 89.3 Å². The summed E-state index contributed by atoms with van der Waals surface area (Å²) in [6, 6.07) is 73.5. The van der Waals surface area contributed by atoms with E-state index in [1.807, 2.05) is 54.6 Å². The first-order valence-corrected chi connectivity index (χ1v) is 20.6. The molecule has 0 bridgehead atoms. The molecule has 11 rings (SSSR count). The maximum atomic E-state index is 10.0. The van der Waals surface area contributed by atoms with Gasteiger partial charge in [-0.05, 0) is 73.3 Å². The number of fused-ring (bicyclic) bond motifs is 7. The molecule has 0 radical (unpaired) electrons. The van der Waals surface area contributed by atoms with Crippen molar-refractivity contribution < 1.29 is 0 Å². The summed E-state index contributed by atoms with van der Waals surface area (Å²) in [6.07, 6.45) is 2.19. The van der Waals surface area contributed by atoms with E-state index in [4.69, 9.17) is 9.97 Å². The Bertz CT molecular complexity index is 3350. The Morgan fingerprint density at radius 3 is 1.57 bits per heavy atom. The van der Waals surface area contributed by atoms with Gasteiger partial charge in [0.1, 0.15) is 0 Å². The van der Waals surface area contributed by atoms with E-state index in [0.29, 0.717) is 11.5 Å². The average Bonchev–Trinajstić information content (AvgIpc) is 3.34. The van der Waals surface area contributed by atoms with Crippen LogP contribution in [0.2, 0.25) is 0 Å². The fourth-order valence-electron chi connectivity index (χ4n) is 8.74. The van der Waals surface area contributed by atoms with Crippen molar-refractivity contribution in [2.45, 2.75) is 0 Å². The molecule has 0 saturated heterocycles. The van der Waals surface area contributed by atoms with Gasteiger partial charge in [-0.15, -0.1) is 0 Å². The molecule has 61 heavy (non-hydrogen) atoms. The zero-order chi connectivity index (χ0) is 40.7. The zero-order valence-corrected chi connectivity index (χ0v) is 33.2. The summed E-state index contributed by atoms with van der Waals surface area (Å²) in [5, 5.41) is 21.2. The van der Waals surface area contributed by atoms with E-state index in [1.165, 1.54) is 32.3 Å². The molecule has 4 nitrogen and oxygen atoms in total. The minimum atomic E-state index is 0.408. The molecule has 0 spiro atoms. The molecule has 9 aromatic carbocycles. The summed E-state index contributed by atoms with van der Waals surface area (Å²) in [4.78, 5) is 10.4. The van der Waals surface area contributed by atoms with E-state index in [-0.39, 0.29) is 0 Å². The van der Waals surface area contributed by atoms with Gasteiger partial charge >= 0.3 is 0 Å². The molecule has 0 unspecified atom stereocenters. The molecular weight excluding hydrogens is 741 g/mol. The fourth-order valence-corrected chi connectivity index (χ4v) is 8.74. The van der Waals surface area contributed by atoms with Crippen molar-refractivity contribution in [3.8, 4) is 33.9 Å². The van der Waals surface area contributed by atoms with Gasteiger partial charge in [-0.1, -0.05) is 194 Å². The Labute approximate surface area is 354 Å². The number of hydrogen-bond acceptors (Lipinski definition) is 4. The lowest BCUT2D eigenvalue weighted by Crippen LogP contribution is -2.20. The summed E-state index contributed by atoms with van der Waals surface area (Å²) in [5.41, 5.74) is 12.5. The summed E-state index contributed by atoms with van der Waals surface area (Å²) in [7, 11) is 0. The van der Waals surface area contributed by atoms with Crippen LogP contribution in [-0.4, -0.2) is 15.7 Å². The van der Waals surface area contributed by atoms with Gasteiger partial charge in [0, 0.05) is 39.1 Å². The van der Waals surface area contributed by atoms with Crippen LogP contribution in [0.1, 0.15) is 27.8 Å². The largest absolute Gasteiger partial charge is 0.354 e. The third-order valence-electron chi connectivity index (χ3n) is 11.7. The summed E-state index contributed by atoms with van der Waals surface area (Å²) >= 11 is 0. The Kier molecular flexibility index (Phi) is 8.94. The second kappa shape index (κ2) is 15.2. The average molecular weight is 779 g/mol. The number of hydrogen-bond donors (Lipinski definition) is 2. The van der Waals surface area contributed by atoms with Gasteiger partial charge < -0.3 is 5.32 Å². The molecule has 0 saturated carbocycles. The molecule has 1 aliphatic rings. The quantitative estimate of drug-likeness (QED) is 0.125. The number of nitrogens with one attached hydrogen (secondary N) is 2. The second-order valence-corrected chi connectivity index (χ2v) is 15.4. The van der Waals surface area contributed by atoms with E-state index in [9.17, 15) is 5.41 Å². The second-order valence-electron chi connectivity index (χ2n) is 15.4. The number of benzene rings is 9. The molecular formula is C57H38N4. The number of rotatable bonds is 7. The standard InChI is InChI=1S/C57H38N4/c58-55(54(38-19-6-2-7-20-38)56-44-26-11-10-23-40(44)35-51(59-56)37-17-4-1-5-18-37)43-25-16-24-41(33-43)52-36-53(61-57(60-52)39-21-8-3-9-22-39)42-31-32-49-47-29-13-12-27-45(47)46-28-14-15-30-48(46)50(49)34-42/h1-36,58-59H/b56-54-,58-55?. The van der Waals surface area contributed by atoms with Crippen LogP contribution in [0.5, 0.6) is 0 Å². The Morgan fingerprint density at radius 2 is 0.902 bits per heavy atom. The van der Waals surface area contributed by atoms with Crippen molar-refractivity contribution in [3.63, 3.8) is 0 Å². The Morgan fingerprint density at radius 1 is 0.393 bits per heavy atom. The molecule has 1 aromatic heterocycles. The molecule has 0 atom stereocenters. The van der Waals surface area contributed by atoms with Gasteiger partial charge in [0.15, 0.2) is 5.82 Å². The highest BCUT2D eigenvalue weighted by molar-refractivity contribution is 6.36. The molecule has 4 heteroatoms. The number of allylic oxidation sites excluding steroid dienone is 1. The van der Waals surface area contributed by atoms with E-state index in [0.717, 1.165) is 72.9 Å². The highest BCUT2D eigenvalue weighted by Gasteiger charge is 2.24. The molecule has 0 aliphatic carbocycles. The van der Waals surface area contributed by atoms with Crippen LogP contribution in [0.4, 0.5) is 0 Å². The maximum absolute atomic E-state index is 10.0. The first kappa shape index (κ1) is 35.9. The van der Waals surface area contributed by atoms with Crippen molar-refractivity contribution in [2.75, 3.05) is 0 Å². The van der Waals surface area contributed by atoms with Crippen molar-refractivity contribution in [1.29, 1.82) is 5.41 Å². The van der Waals surface area contributed by atoms with Crippen molar-refractivity contribution in [2.24, 2.45) is 0 Å². The molecule has 2 heterocycles. The molecule has 0 amide bonds. The van der Waals surface area contributed by atoms with Crippen molar-refractivity contribution in [1.82, 2.24) is 15.3 Å². The van der Waals surface area contributed by atoms with E-state index in [2.05, 4.69) is 169 Å². The van der Waals surface area contributed by atoms with Crippen LogP contribution in [-0.2, 0) is 0 Å². The van der Waals surface area contributed by atoms with Crippen LogP contribution in [0.15, 0.2) is 212 Å². The highest BCUT2D eigenvalue weighted by Crippen LogP contribution is 2.39. The smallest absolute Gasteiger partial charge is 0.160 e. The first-order chi connectivity index (χ1) is 30.2. The van der Waals surface area contributed by atoms with Crippen LogP contribution >= 0.6 is 0 Å². The predicted molar refractivity (Wildman–Crippen MR) is 255 cm³/mol. The fraction of sp³-hybridized carbons (Fsp3) is 0. The predicted octanol–water partition coefficient (Wildman–Crippen LogP) is 14.0. The molecule has 10 aromatic rings. The summed E-state index contributed by atoms with van der Waals surface area (Å²) in [6.45, 7) is 0. The third-order valence-corrected chi connectivity index (χ3v) is 11.7. The Balaban J connectivity index is 1.07. The van der Waals surface area contributed by atoms with Crippen LogP contribution in [0, 0.1) is 5.41 Å². The van der Waals surface area contributed by atoms with Gasteiger partial charge in [0.25, 0.3) is 0 Å². The van der Waals surface area contributed by atoms with E-state index in [1.54, 1.807) is 0 Å². The normalized spacial score (nSPS) is 13.1. The minimum Gasteiger partial charge on any atom is -0.354 e. The third kappa shape index (κ3) is 6.57. The molecule has 286 valence electrons. The number of aromatic nitrogens is 2. The topological polar surface area (TPSA) is 61.7 Å². The minimum absolute atomic E-state index is 0.408. The van der Waals surface area contributed by atoms with Crippen molar-refractivity contribution in [3.05, 3.63) is 240 Å². The molecule has 2 N–H and O–H groups in total. The van der Waals surface area contributed by atoms with Crippen LogP contribution < -0.4 is 5.32 Å². The lowest BCUT2D eigenvalue weighted by atomic mass is 9.87. The van der Waals surface area contributed by atoms with Gasteiger partial charge in [-0.3, -0.25) is 5.41 Å². The van der Waals surface area contributed by atoms with Crippen LogP contribution in [0.3, 0.4) is 0 Å². The molecule has 0 fully saturated rings. The van der Waals surface area contributed by atoms with Gasteiger partial charge in [0.2, 0.25) is 0 Å². The summed E-state index contributed by atoms with van der Waals surface area (Å²) < 4.78 is 0. The van der Waals surface area contributed by atoms with Gasteiger partial charge in [-0.25, -0.2) is 9.97 Å². The lowest BCUT2D eigenvalue weighted by Gasteiger charge is -2.26. The van der Waals surface area contributed by atoms with E-state index >= 15 is 0 Å². The summed E-state index contributed by atoms with van der Waals surface area (Å²) in [5.74, 6) is 0.646. The number of nitrogens with zero attached hydrogens (tertiary/aromatic N) is 2. The zero-order valence-electron chi connectivity index (χ0n) is 33.2. The highest BCUT2D eigenvalue weighted by atomic mass is 14.9. The monoisotopic (exact) mass is 778 g/mol. The SMILES string of the molecule is N=C(/C(=C1\NC(c2ccccc2)=Cc2ccccc21)c1ccccc1)c1cccc(-c2cc(-c3ccc4c5ccccc5c5ccccc5c4c3)nc(-c3ccccc3)n2)c1. The first-order valence-electron chi connectivity index (χ1n) is 20.6. The van der Waals surface area contributed by atoms with Crippen molar-refractivity contribution >= 4 is 61.1 Å². The molecule has 1 aliphatic heterocycles. The van der Waals surface area contributed by atoms with Gasteiger partial charge in [-0.2, -0.15) is 0 Å². The van der Waals surface area contributed by atoms with Gasteiger partial charge in [0.05, 0.1) is 22.8 Å². The lowest BCUT2D eigenvalue weighted by molar-refractivity contribution is 1.18. The Hall–Kier alpha value is -8.21. The van der Waals surface area contributed by atoms with E-state index < -0.39 is 0 Å².